The van der Waals surface area contributed by atoms with Crippen LogP contribution >= 0.6 is 0 Å². The fourth-order valence-electron chi connectivity index (χ4n) is 4.36. The molecule has 3 heteroatoms. The van der Waals surface area contributed by atoms with Crippen molar-refractivity contribution >= 4 is 0 Å². The van der Waals surface area contributed by atoms with E-state index < -0.39 is 0 Å². The molecule has 1 fully saturated rings. The van der Waals surface area contributed by atoms with Gasteiger partial charge in [0.25, 0.3) is 0 Å². The minimum Gasteiger partial charge on any atom is -0.493 e. The number of ether oxygens (including phenoxy) is 1. The summed E-state index contributed by atoms with van der Waals surface area (Å²) < 4.78 is 6.01. The summed E-state index contributed by atoms with van der Waals surface area (Å²) in [6.45, 7) is 3.12. The number of hydrogen-bond donors (Lipinski definition) is 0. The second-order valence-electron chi connectivity index (χ2n) is 8.98. The molecule has 0 N–H and O–H groups in total. The van der Waals surface area contributed by atoms with Gasteiger partial charge in [-0.3, -0.25) is 0 Å². The maximum atomic E-state index is 6.01. The number of nitrogens with zero attached hydrogens (tertiary/aromatic N) is 2. The van der Waals surface area contributed by atoms with E-state index in [1.807, 2.05) is 12.4 Å². The van der Waals surface area contributed by atoms with Gasteiger partial charge in [-0.2, -0.15) is 0 Å². The molecule has 0 atom stereocenters. The molecule has 0 spiro atoms. The van der Waals surface area contributed by atoms with E-state index in [0.717, 1.165) is 36.1 Å². The molecule has 1 aromatic carbocycles. The van der Waals surface area contributed by atoms with Crippen LogP contribution in [0.1, 0.15) is 96.0 Å². The van der Waals surface area contributed by atoms with Crippen molar-refractivity contribution in [1.82, 2.24) is 9.97 Å². The van der Waals surface area contributed by atoms with Gasteiger partial charge in [-0.25, -0.2) is 9.97 Å². The number of unbranched alkanes of at least 4 members (excludes halogenated alkanes) is 7. The predicted octanol–water partition coefficient (Wildman–Crippen LogP) is 7.79. The van der Waals surface area contributed by atoms with Crippen molar-refractivity contribution in [1.29, 1.82) is 0 Å². The van der Waals surface area contributed by atoms with Gasteiger partial charge in [0.1, 0.15) is 5.75 Å². The fourth-order valence-corrected chi connectivity index (χ4v) is 4.36. The van der Waals surface area contributed by atoms with E-state index in [1.54, 1.807) is 0 Å². The van der Waals surface area contributed by atoms with Gasteiger partial charge in [0, 0.05) is 18.0 Å². The summed E-state index contributed by atoms with van der Waals surface area (Å²) in [5.41, 5.74) is 2.30. The SMILES string of the molecule is CCCCCCCCCCc1cnc(-c2ccc(OCC3CCCCC3)cc2)nc1. The van der Waals surface area contributed by atoms with E-state index >= 15 is 0 Å². The molecule has 0 bridgehead atoms. The summed E-state index contributed by atoms with van der Waals surface area (Å²) in [6, 6.07) is 8.25. The fraction of sp³-hybridized carbons (Fsp3) is 0.630. The molecule has 30 heavy (non-hydrogen) atoms. The lowest BCUT2D eigenvalue weighted by atomic mass is 9.90. The molecule has 1 aromatic heterocycles. The highest BCUT2D eigenvalue weighted by atomic mass is 16.5. The van der Waals surface area contributed by atoms with Gasteiger partial charge >= 0.3 is 0 Å². The van der Waals surface area contributed by atoms with Gasteiger partial charge in [-0.1, -0.05) is 71.1 Å². The molecule has 3 rings (SSSR count). The maximum absolute atomic E-state index is 6.01. The Labute approximate surface area is 183 Å². The van der Waals surface area contributed by atoms with Gasteiger partial charge in [-0.05, 0) is 61.4 Å². The van der Waals surface area contributed by atoms with Gasteiger partial charge < -0.3 is 4.74 Å². The zero-order valence-electron chi connectivity index (χ0n) is 19.0. The average Bonchev–Trinajstić information content (AvgIpc) is 2.81. The second-order valence-corrected chi connectivity index (χ2v) is 8.98. The quantitative estimate of drug-likeness (QED) is 0.317. The third-order valence-corrected chi connectivity index (χ3v) is 6.35. The Bertz CT molecular complexity index is 690. The normalized spacial score (nSPS) is 14.7. The number of benzene rings is 1. The third kappa shape index (κ3) is 8.08. The van der Waals surface area contributed by atoms with Crippen LogP contribution in [0, 0.1) is 5.92 Å². The van der Waals surface area contributed by atoms with Gasteiger partial charge in [0.15, 0.2) is 5.82 Å². The molecule has 1 aliphatic rings. The van der Waals surface area contributed by atoms with Crippen LogP contribution in [0.15, 0.2) is 36.7 Å². The van der Waals surface area contributed by atoms with Crippen LogP contribution < -0.4 is 4.74 Å². The molecule has 0 aliphatic heterocycles. The molecule has 1 saturated carbocycles. The standard InChI is InChI=1S/C27H40N2O/c1-2-3-4-5-6-7-8-10-15-24-20-28-27(29-21-24)25-16-18-26(19-17-25)30-22-23-13-11-9-12-14-23/h16-21,23H,2-15,22H2,1H3. The maximum Gasteiger partial charge on any atom is 0.159 e. The average molecular weight is 409 g/mol. The molecular formula is C27H40N2O. The molecule has 0 radical (unpaired) electrons. The van der Waals surface area contributed by atoms with Crippen LogP contribution in [-0.2, 0) is 6.42 Å². The van der Waals surface area contributed by atoms with E-state index in [1.165, 1.54) is 89.0 Å². The first-order chi connectivity index (χ1) is 14.8. The zero-order chi connectivity index (χ0) is 20.9. The van der Waals surface area contributed by atoms with Crippen molar-refractivity contribution < 1.29 is 4.74 Å². The molecule has 1 aliphatic carbocycles. The topological polar surface area (TPSA) is 35.0 Å². The molecule has 0 saturated heterocycles. The van der Waals surface area contributed by atoms with Gasteiger partial charge in [-0.15, -0.1) is 0 Å². The van der Waals surface area contributed by atoms with E-state index in [0.29, 0.717) is 0 Å². The van der Waals surface area contributed by atoms with Crippen LogP contribution in [0.3, 0.4) is 0 Å². The molecule has 2 aromatic rings. The summed E-state index contributed by atoms with van der Waals surface area (Å²) in [4.78, 5) is 9.19. The van der Waals surface area contributed by atoms with Crippen molar-refractivity contribution in [3.63, 3.8) is 0 Å². The summed E-state index contributed by atoms with van der Waals surface area (Å²) in [5.74, 6) is 2.49. The minimum atomic E-state index is 0.732. The number of aryl methyl sites for hydroxylation is 1. The summed E-state index contributed by atoms with van der Waals surface area (Å²) in [5, 5.41) is 0. The predicted molar refractivity (Wildman–Crippen MR) is 126 cm³/mol. The highest BCUT2D eigenvalue weighted by Crippen LogP contribution is 2.25. The number of aromatic nitrogens is 2. The van der Waals surface area contributed by atoms with Gasteiger partial charge in [0.2, 0.25) is 0 Å². The summed E-state index contributed by atoms with van der Waals surface area (Å²) in [6.07, 6.45) is 22.6. The minimum absolute atomic E-state index is 0.732. The van der Waals surface area contributed by atoms with E-state index in [-0.39, 0.29) is 0 Å². The highest BCUT2D eigenvalue weighted by molar-refractivity contribution is 5.55. The van der Waals surface area contributed by atoms with Crippen LogP contribution in [0.5, 0.6) is 5.75 Å². The van der Waals surface area contributed by atoms with E-state index in [4.69, 9.17) is 4.74 Å². The molecule has 0 unspecified atom stereocenters. The Morgan fingerprint density at radius 3 is 2.10 bits per heavy atom. The third-order valence-electron chi connectivity index (χ3n) is 6.35. The van der Waals surface area contributed by atoms with E-state index in [9.17, 15) is 0 Å². The van der Waals surface area contributed by atoms with Crippen LogP contribution in [0.2, 0.25) is 0 Å². The van der Waals surface area contributed by atoms with Crippen LogP contribution in [-0.4, -0.2) is 16.6 Å². The Hall–Kier alpha value is -1.90. The molecule has 0 amide bonds. The molecule has 3 nitrogen and oxygen atoms in total. The highest BCUT2D eigenvalue weighted by Gasteiger charge is 2.14. The Balaban J connectivity index is 1.36. The Morgan fingerprint density at radius 1 is 0.800 bits per heavy atom. The lowest BCUT2D eigenvalue weighted by Gasteiger charge is -2.21. The largest absolute Gasteiger partial charge is 0.493 e. The summed E-state index contributed by atoms with van der Waals surface area (Å²) >= 11 is 0. The van der Waals surface area contributed by atoms with Crippen molar-refractivity contribution in [2.24, 2.45) is 5.92 Å². The monoisotopic (exact) mass is 408 g/mol. The lowest BCUT2D eigenvalue weighted by molar-refractivity contribution is 0.209. The Kier molecular flexibility index (Phi) is 10.2. The van der Waals surface area contributed by atoms with Crippen molar-refractivity contribution in [2.75, 3.05) is 6.61 Å². The smallest absolute Gasteiger partial charge is 0.159 e. The van der Waals surface area contributed by atoms with Crippen molar-refractivity contribution in [2.45, 2.75) is 96.8 Å². The first kappa shape index (κ1) is 22.8. The number of hydrogen-bond acceptors (Lipinski definition) is 3. The van der Waals surface area contributed by atoms with Crippen molar-refractivity contribution in [3.05, 3.63) is 42.2 Å². The van der Waals surface area contributed by atoms with Crippen molar-refractivity contribution in [3.8, 4) is 17.1 Å². The lowest BCUT2D eigenvalue weighted by Crippen LogP contribution is -2.15. The zero-order valence-corrected chi connectivity index (χ0v) is 19.0. The van der Waals surface area contributed by atoms with Crippen LogP contribution in [0.25, 0.3) is 11.4 Å². The molecule has 164 valence electrons. The van der Waals surface area contributed by atoms with Crippen LogP contribution in [0.4, 0.5) is 0 Å². The number of rotatable bonds is 13. The first-order valence-electron chi connectivity index (χ1n) is 12.4. The molecule has 1 heterocycles. The van der Waals surface area contributed by atoms with E-state index in [2.05, 4.69) is 41.2 Å². The molecular weight excluding hydrogens is 368 g/mol. The second kappa shape index (κ2) is 13.4. The van der Waals surface area contributed by atoms with Gasteiger partial charge in [0.05, 0.1) is 6.61 Å². The first-order valence-corrected chi connectivity index (χ1v) is 12.4. The summed E-state index contributed by atoms with van der Waals surface area (Å²) in [7, 11) is 0. The Morgan fingerprint density at radius 2 is 1.43 bits per heavy atom.